The van der Waals surface area contributed by atoms with E-state index in [-0.39, 0.29) is 24.1 Å². The lowest BCUT2D eigenvalue weighted by atomic mass is 9.79. The van der Waals surface area contributed by atoms with E-state index in [2.05, 4.69) is 0 Å². The molecule has 3 aliphatic heterocycles. The van der Waals surface area contributed by atoms with Crippen LogP contribution in [0.2, 0.25) is 0 Å². The van der Waals surface area contributed by atoms with Crippen LogP contribution >= 0.6 is 0 Å². The van der Waals surface area contributed by atoms with Crippen LogP contribution in [0.5, 0.6) is 0 Å². The third-order valence-electron chi connectivity index (χ3n) is 10.4. The van der Waals surface area contributed by atoms with Gasteiger partial charge in [0.15, 0.2) is 0 Å². The predicted molar refractivity (Wildman–Crippen MR) is 177 cm³/mol. The summed E-state index contributed by atoms with van der Waals surface area (Å²) in [6.45, 7) is 2.89. The summed E-state index contributed by atoms with van der Waals surface area (Å²) >= 11 is 0. The van der Waals surface area contributed by atoms with Gasteiger partial charge < -0.3 is 23.7 Å². The number of epoxide rings is 3. The van der Waals surface area contributed by atoms with Crippen LogP contribution in [0.3, 0.4) is 0 Å². The first kappa shape index (κ1) is 36.7. The fraction of sp³-hybridized carbons (Fsp3) is 0.947. The fourth-order valence-corrected chi connectivity index (χ4v) is 7.10. The third-order valence-corrected chi connectivity index (χ3v) is 10.4. The Kier molecular flexibility index (Phi) is 18.2. The summed E-state index contributed by atoms with van der Waals surface area (Å²) < 4.78 is 27.5. The van der Waals surface area contributed by atoms with Gasteiger partial charge >= 0.3 is 11.9 Å². The van der Waals surface area contributed by atoms with Gasteiger partial charge in [-0.3, -0.25) is 9.59 Å². The minimum atomic E-state index is -0.421. The highest BCUT2D eigenvalue weighted by Gasteiger charge is 2.53. The molecule has 1 aliphatic carbocycles. The van der Waals surface area contributed by atoms with Crippen LogP contribution in [0.1, 0.15) is 167 Å². The molecule has 7 nitrogen and oxygen atoms in total. The van der Waals surface area contributed by atoms with Crippen molar-refractivity contribution in [3.8, 4) is 0 Å². The molecule has 0 spiro atoms. The number of fused-ring (bicyclic) bond motifs is 1. The van der Waals surface area contributed by atoms with Crippen molar-refractivity contribution in [2.24, 2.45) is 11.8 Å². The molecule has 0 N–H and O–H groups in total. The van der Waals surface area contributed by atoms with E-state index in [0.717, 1.165) is 38.9 Å². The van der Waals surface area contributed by atoms with Crippen LogP contribution in [0.4, 0.5) is 0 Å². The van der Waals surface area contributed by atoms with Crippen LogP contribution in [-0.4, -0.2) is 62.8 Å². The second-order valence-electron chi connectivity index (χ2n) is 14.5. The molecule has 3 saturated heterocycles. The van der Waals surface area contributed by atoms with E-state index < -0.39 is 11.8 Å². The van der Waals surface area contributed by atoms with Crippen molar-refractivity contribution in [2.75, 3.05) is 26.4 Å². The van der Waals surface area contributed by atoms with Gasteiger partial charge in [0.2, 0.25) is 0 Å². The zero-order valence-electron chi connectivity index (χ0n) is 28.5. The Morgan fingerprint density at radius 2 is 0.733 bits per heavy atom. The summed E-state index contributed by atoms with van der Waals surface area (Å²) in [5.41, 5.74) is 0. The van der Waals surface area contributed by atoms with Gasteiger partial charge in [-0.1, -0.05) is 128 Å². The topological polar surface area (TPSA) is 90.2 Å². The molecule has 0 aromatic rings. The smallest absolute Gasteiger partial charge is 0.309 e. The van der Waals surface area contributed by atoms with Gasteiger partial charge in [0.05, 0.1) is 62.7 Å². The van der Waals surface area contributed by atoms with Gasteiger partial charge in [0.1, 0.15) is 0 Å². The molecule has 45 heavy (non-hydrogen) atoms. The molecule has 4 fully saturated rings. The van der Waals surface area contributed by atoms with Gasteiger partial charge in [0, 0.05) is 0 Å². The average Bonchev–Trinajstić information content (AvgIpc) is 3.90. The largest absolute Gasteiger partial charge is 0.465 e. The summed E-state index contributed by atoms with van der Waals surface area (Å²) in [5.74, 6) is -1.31. The Morgan fingerprint density at radius 3 is 1.04 bits per heavy atom. The van der Waals surface area contributed by atoms with E-state index in [1.165, 1.54) is 128 Å². The van der Waals surface area contributed by atoms with Crippen molar-refractivity contribution >= 4 is 11.9 Å². The Morgan fingerprint density at radius 1 is 0.444 bits per heavy atom. The molecule has 7 heteroatoms. The second kappa shape index (κ2) is 22.4. The highest BCUT2D eigenvalue weighted by atomic mass is 16.6. The van der Waals surface area contributed by atoms with Crippen LogP contribution in [-0.2, 0) is 33.3 Å². The summed E-state index contributed by atoms with van der Waals surface area (Å²) in [6.07, 6.45) is 32.9. The van der Waals surface area contributed by atoms with E-state index >= 15 is 0 Å². The summed E-state index contributed by atoms with van der Waals surface area (Å²) in [4.78, 5) is 25.9. The first-order chi connectivity index (χ1) is 22.2. The van der Waals surface area contributed by atoms with Crippen molar-refractivity contribution in [1.29, 1.82) is 0 Å². The first-order valence-electron chi connectivity index (χ1n) is 19.4. The molecule has 1 saturated carbocycles. The number of carbonyl (C=O) groups is 2. The maximum Gasteiger partial charge on any atom is 0.309 e. The highest BCUT2D eigenvalue weighted by Crippen LogP contribution is 2.44. The SMILES string of the molecule is O=C(OCCCCCCCCCCCCCC1CO1)C1CC2OC2CC1C(=O)OCCCCCCCCCCCCCC1CO1. The number of ether oxygens (including phenoxy) is 5. The number of carbonyl (C=O) groups excluding carboxylic acids is 2. The summed E-state index contributed by atoms with van der Waals surface area (Å²) in [5, 5.41) is 0. The number of rotatable bonds is 30. The second-order valence-corrected chi connectivity index (χ2v) is 14.5. The zero-order valence-corrected chi connectivity index (χ0v) is 28.5. The van der Waals surface area contributed by atoms with Crippen molar-refractivity contribution < 1.29 is 33.3 Å². The van der Waals surface area contributed by atoms with Crippen LogP contribution in [0.15, 0.2) is 0 Å². The number of hydrogen-bond acceptors (Lipinski definition) is 7. The lowest BCUT2D eigenvalue weighted by molar-refractivity contribution is -0.162. The van der Waals surface area contributed by atoms with Gasteiger partial charge in [0.25, 0.3) is 0 Å². The molecule has 260 valence electrons. The number of unbranched alkanes of at least 4 members (excludes halogenated alkanes) is 20. The quantitative estimate of drug-likeness (QED) is 0.0442. The minimum absolute atomic E-state index is 0.117. The van der Waals surface area contributed by atoms with E-state index in [0.29, 0.717) is 38.3 Å². The van der Waals surface area contributed by atoms with Crippen LogP contribution in [0.25, 0.3) is 0 Å². The molecular formula is C38H66O7. The molecule has 0 aromatic carbocycles. The van der Waals surface area contributed by atoms with Gasteiger partial charge in [-0.2, -0.15) is 0 Å². The molecular weight excluding hydrogens is 568 g/mol. The maximum absolute atomic E-state index is 12.9. The lowest BCUT2D eigenvalue weighted by Gasteiger charge is -2.26. The molecule has 6 atom stereocenters. The Bertz CT molecular complexity index is 731. The Balaban J connectivity index is 0.921. The lowest BCUT2D eigenvalue weighted by Crippen LogP contribution is -2.37. The molecule has 0 amide bonds. The van der Waals surface area contributed by atoms with Gasteiger partial charge in [-0.25, -0.2) is 0 Å². The number of hydrogen-bond donors (Lipinski definition) is 0. The van der Waals surface area contributed by atoms with Crippen LogP contribution < -0.4 is 0 Å². The van der Waals surface area contributed by atoms with Crippen molar-refractivity contribution in [2.45, 2.75) is 191 Å². The summed E-state index contributed by atoms with van der Waals surface area (Å²) in [6, 6.07) is 0. The van der Waals surface area contributed by atoms with E-state index in [1.54, 1.807) is 0 Å². The molecule has 4 rings (SSSR count). The molecule has 6 unspecified atom stereocenters. The normalized spacial score (nSPS) is 26.3. The molecule has 3 heterocycles. The molecule has 0 aromatic heterocycles. The number of esters is 2. The predicted octanol–water partition coefficient (Wildman–Crippen LogP) is 9.03. The van der Waals surface area contributed by atoms with Crippen molar-refractivity contribution in [3.05, 3.63) is 0 Å². The standard InChI is InChI=1S/C38H66O7/c39-37(41-25-21-17-13-9-5-1-3-7-11-15-19-23-31-29-43-31)33-27-35-36(45-35)28-34(33)38(40)42-26-22-18-14-10-6-2-4-8-12-16-20-24-32-30-44-32/h31-36H,1-30H2. The third kappa shape index (κ3) is 17.0. The maximum atomic E-state index is 12.9. The zero-order chi connectivity index (χ0) is 31.4. The van der Waals surface area contributed by atoms with Gasteiger partial charge in [-0.05, 0) is 38.5 Å². The Hall–Kier alpha value is -1.18. The highest BCUT2D eigenvalue weighted by molar-refractivity contribution is 5.82. The van der Waals surface area contributed by atoms with Crippen LogP contribution in [0, 0.1) is 11.8 Å². The van der Waals surface area contributed by atoms with E-state index in [9.17, 15) is 9.59 Å². The monoisotopic (exact) mass is 634 g/mol. The van der Waals surface area contributed by atoms with E-state index in [4.69, 9.17) is 23.7 Å². The summed E-state index contributed by atoms with van der Waals surface area (Å²) in [7, 11) is 0. The van der Waals surface area contributed by atoms with Gasteiger partial charge in [-0.15, -0.1) is 0 Å². The average molecular weight is 635 g/mol. The fourth-order valence-electron chi connectivity index (χ4n) is 7.10. The van der Waals surface area contributed by atoms with Crippen molar-refractivity contribution in [1.82, 2.24) is 0 Å². The molecule has 0 bridgehead atoms. The van der Waals surface area contributed by atoms with Crippen molar-refractivity contribution in [3.63, 3.8) is 0 Å². The minimum Gasteiger partial charge on any atom is -0.465 e. The molecule has 0 radical (unpaired) electrons. The first-order valence-corrected chi connectivity index (χ1v) is 19.4. The Labute approximate surface area is 274 Å². The van der Waals surface area contributed by atoms with E-state index in [1.807, 2.05) is 0 Å². The molecule has 4 aliphatic rings.